The smallest absolute Gasteiger partial charge is 0.354 e. The SMILES string of the molecule is CC(C)(C)c1cc(-c2ccc(Cl)c(F)c2)nc2cc(C(=O)N3CCN(c4nccc(C(=O)O)n4)CC3(C)C)oc12. The first-order valence-corrected chi connectivity index (χ1v) is 13.2. The van der Waals surface area contributed by atoms with Crippen molar-refractivity contribution in [3.05, 3.63) is 70.5 Å². The van der Waals surface area contributed by atoms with E-state index < -0.39 is 17.3 Å². The van der Waals surface area contributed by atoms with Crippen LogP contribution < -0.4 is 4.90 Å². The van der Waals surface area contributed by atoms with Crippen LogP contribution in [-0.4, -0.2) is 62.0 Å². The van der Waals surface area contributed by atoms with Gasteiger partial charge in [-0.05, 0) is 43.5 Å². The van der Waals surface area contributed by atoms with Gasteiger partial charge in [-0.15, -0.1) is 0 Å². The number of benzene rings is 1. The van der Waals surface area contributed by atoms with E-state index in [9.17, 15) is 19.1 Å². The number of anilines is 1. The molecule has 1 aliphatic rings. The molecule has 4 heterocycles. The largest absolute Gasteiger partial charge is 0.477 e. The van der Waals surface area contributed by atoms with Gasteiger partial charge in [0.25, 0.3) is 5.91 Å². The Morgan fingerprint density at radius 3 is 2.50 bits per heavy atom. The fraction of sp³-hybridized carbons (Fsp3) is 0.345. The van der Waals surface area contributed by atoms with Gasteiger partial charge >= 0.3 is 5.97 Å². The minimum Gasteiger partial charge on any atom is -0.477 e. The lowest BCUT2D eigenvalue weighted by Crippen LogP contribution is -2.61. The Kier molecular flexibility index (Phi) is 6.78. The lowest BCUT2D eigenvalue weighted by Gasteiger charge is -2.46. The van der Waals surface area contributed by atoms with Gasteiger partial charge < -0.3 is 19.3 Å². The van der Waals surface area contributed by atoms with E-state index in [0.29, 0.717) is 47.9 Å². The Hall–Kier alpha value is -4.05. The fourth-order valence-electron chi connectivity index (χ4n) is 4.94. The van der Waals surface area contributed by atoms with Crippen LogP contribution in [0.15, 0.2) is 47.0 Å². The summed E-state index contributed by atoms with van der Waals surface area (Å²) >= 11 is 5.88. The van der Waals surface area contributed by atoms with Crippen LogP contribution in [0.1, 0.15) is 61.2 Å². The summed E-state index contributed by atoms with van der Waals surface area (Å²) in [5.74, 6) is -1.51. The number of aromatic carboxylic acids is 1. The zero-order valence-corrected chi connectivity index (χ0v) is 23.6. The van der Waals surface area contributed by atoms with Gasteiger partial charge in [-0.2, -0.15) is 0 Å². The molecule has 208 valence electrons. The monoisotopic (exact) mass is 565 g/mol. The van der Waals surface area contributed by atoms with Gasteiger partial charge in [0.05, 0.1) is 16.3 Å². The molecule has 1 aromatic carbocycles. The van der Waals surface area contributed by atoms with E-state index in [1.54, 1.807) is 17.0 Å². The molecule has 1 amide bonds. The van der Waals surface area contributed by atoms with Gasteiger partial charge in [0.2, 0.25) is 5.95 Å². The number of carbonyl (C=O) groups excluding carboxylic acids is 1. The van der Waals surface area contributed by atoms with E-state index in [0.717, 1.165) is 5.56 Å². The number of carbonyl (C=O) groups is 2. The van der Waals surface area contributed by atoms with E-state index in [1.165, 1.54) is 24.4 Å². The van der Waals surface area contributed by atoms with Gasteiger partial charge in [-0.25, -0.2) is 24.1 Å². The number of halogens is 2. The molecule has 0 aliphatic carbocycles. The minimum atomic E-state index is -1.13. The Morgan fingerprint density at radius 1 is 1.10 bits per heavy atom. The van der Waals surface area contributed by atoms with Crippen LogP contribution in [0, 0.1) is 5.82 Å². The molecule has 4 aromatic rings. The Balaban J connectivity index is 1.48. The molecule has 9 nitrogen and oxygen atoms in total. The van der Waals surface area contributed by atoms with Crippen molar-refractivity contribution >= 4 is 40.5 Å². The standard InChI is InChI=1S/C29H29ClFN5O4/c1-28(2,3)17-13-21(16-6-7-18(30)19(31)12-16)33-22-14-23(40-24(17)22)25(37)36-11-10-35(15-29(36,4)5)27-32-9-8-20(34-27)26(38)39/h6-9,12-14H,10-11,15H2,1-5H3,(H,38,39). The molecular weight excluding hydrogens is 537 g/mol. The van der Waals surface area contributed by atoms with E-state index >= 15 is 0 Å². The number of hydrogen-bond donors (Lipinski definition) is 1. The second kappa shape index (κ2) is 9.85. The van der Waals surface area contributed by atoms with Gasteiger partial charge in [0.1, 0.15) is 11.3 Å². The molecule has 1 aliphatic heterocycles. The summed E-state index contributed by atoms with van der Waals surface area (Å²) < 4.78 is 20.4. The van der Waals surface area contributed by atoms with Crippen LogP contribution in [0.4, 0.5) is 10.3 Å². The predicted octanol–water partition coefficient (Wildman–Crippen LogP) is 5.81. The lowest BCUT2D eigenvalue weighted by atomic mass is 9.86. The third-order valence-electron chi connectivity index (χ3n) is 7.01. The summed E-state index contributed by atoms with van der Waals surface area (Å²) in [7, 11) is 0. The van der Waals surface area contributed by atoms with E-state index in [-0.39, 0.29) is 27.8 Å². The third kappa shape index (κ3) is 5.11. The first-order chi connectivity index (χ1) is 18.7. The van der Waals surface area contributed by atoms with Crippen LogP contribution in [0.25, 0.3) is 22.4 Å². The van der Waals surface area contributed by atoms with E-state index in [1.807, 2.05) is 45.6 Å². The van der Waals surface area contributed by atoms with Crippen LogP contribution in [0.5, 0.6) is 0 Å². The molecule has 0 saturated carbocycles. The average molecular weight is 566 g/mol. The highest BCUT2D eigenvalue weighted by Crippen LogP contribution is 2.36. The van der Waals surface area contributed by atoms with Crippen LogP contribution in [-0.2, 0) is 5.41 Å². The number of fused-ring (bicyclic) bond motifs is 1. The topological polar surface area (TPSA) is 113 Å². The molecule has 0 spiro atoms. The first kappa shape index (κ1) is 27.5. The molecule has 5 rings (SSSR count). The number of nitrogens with zero attached hydrogens (tertiary/aromatic N) is 5. The number of amides is 1. The maximum absolute atomic E-state index is 14.2. The predicted molar refractivity (Wildman–Crippen MR) is 149 cm³/mol. The third-order valence-corrected chi connectivity index (χ3v) is 7.31. The molecule has 3 aromatic heterocycles. The van der Waals surface area contributed by atoms with E-state index in [4.69, 9.17) is 21.0 Å². The molecule has 11 heteroatoms. The highest BCUT2D eigenvalue weighted by Gasteiger charge is 2.39. The summed E-state index contributed by atoms with van der Waals surface area (Å²) in [6, 6.07) is 9.36. The van der Waals surface area contributed by atoms with Crippen molar-refractivity contribution in [1.82, 2.24) is 19.9 Å². The van der Waals surface area contributed by atoms with E-state index in [2.05, 4.69) is 9.97 Å². The van der Waals surface area contributed by atoms with Crippen molar-refractivity contribution < 1.29 is 23.5 Å². The van der Waals surface area contributed by atoms with Crippen LogP contribution >= 0.6 is 11.6 Å². The van der Waals surface area contributed by atoms with Crippen molar-refractivity contribution in [2.75, 3.05) is 24.5 Å². The highest BCUT2D eigenvalue weighted by atomic mass is 35.5. The first-order valence-electron chi connectivity index (χ1n) is 12.8. The van der Waals surface area contributed by atoms with Gasteiger partial charge in [-0.3, -0.25) is 4.79 Å². The summed E-state index contributed by atoms with van der Waals surface area (Å²) in [5, 5.41) is 9.32. The number of carboxylic acids is 1. The molecule has 1 saturated heterocycles. The molecule has 0 atom stereocenters. The molecule has 0 unspecified atom stereocenters. The molecular formula is C29H29ClFN5O4. The maximum atomic E-state index is 14.2. The molecule has 1 N–H and O–H groups in total. The number of rotatable bonds is 4. The van der Waals surface area contributed by atoms with Gasteiger partial charge in [0, 0.05) is 43.0 Å². The average Bonchev–Trinajstić information content (AvgIpc) is 3.32. The molecule has 40 heavy (non-hydrogen) atoms. The fourth-order valence-corrected chi connectivity index (χ4v) is 5.06. The number of piperazine rings is 1. The quantitative estimate of drug-likeness (QED) is 0.330. The van der Waals surface area contributed by atoms with Gasteiger partial charge in [0.15, 0.2) is 17.0 Å². The highest BCUT2D eigenvalue weighted by molar-refractivity contribution is 6.30. The number of pyridine rings is 1. The van der Waals surface area contributed by atoms with Crippen molar-refractivity contribution in [2.24, 2.45) is 0 Å². The van der Waals surface area contributed by atoms with Crippen molar-refractivity contribution in [2.45, 2.75) is 45.6 Å². The van der Waals surface area contributed by atoms with Crippen molar-refractivity contribution in [1.29, 1.82) is 0 Å². The number of aromatic nitrogens is 3. The second-order valence-corrected chi connectivity index (χ2v) is 11.9. The summed E-state index contributed by atoms with van der Waals surface area (Å²) in [5.41, 5.74) is 1.85. The number of hydrogen-bond acceptors (Lipinski definition) is 7. The number of furan rings is 1. The maximum Gasteiger partial charge on any atom is 0.354 e. The van der Waals surface area contributed by atoms with Crippen LogP contribution in [0.2, 0.25) is 5.02 Å². The van der Waals surface area contributed by atoms with Crippen LogP contribution in [0.3, 0.4) is 0 Å². The molecule has 0 radical (unpaired) electrons. The minimum absolute atomic E-state index is 0.0286. The van der Waals surface area contributed by atoms with Crippen molar-refractivity contribution in [3.8, 4) is 11.3 Å². The van der Waals surface area contributed by atoms with Gasteiger partial charge in [-0.1, -0.05) is 38.4 Å². The normalized spacial score (nSPS) is 15.5. The Morgan fingerprint density at radius 2 is 1.85 bits per heavy atom. The second-order valence-electron chi connectivity index (χ2n) is 11.5. The zero-order chi connectivity index (χ0) is 29.0. The van der Waals surface area contributed by atoms with Crippen molar-refractivity contribution in [3.63, 3.8) is 0 Å². The lowest BCUT2D eigenvalue weighted by molar-refractivity contribution is 0.0482. The molecule has 1 fully saturated rings. The Bertz CT molecular complexity index is 1650. The summed E-state index contributed by atoms with van der Waals surface area (Å²) in [4.78, 5) is 41.8. The molecule has 0 bridgehead atoms. The zero-order valence-electron chi connectivity index (χ0n) is 22.8. The summed E-state index contributed by atoms with van der Waals surface area (Å²) in [6.45, 7) is 11.1. The summed E-state index contributed by atoms with van der Waals surface area (Å²) in [6.07, 6.45) is 1.41. The Labute approximate surface area is 235 Å². The number of carboxylic acid groups (broad SMARTS) is 1.